The lowest BCUT2D eigenvalue weighted by atomic mass is 9.77. The molecule has 1 N–H and O–H groups in total. The van der Waals surface area contributed by atoms with Gasteiger partial charge >= 0.3 is 0 Å². The van der Waals surface area contributed by atoms with Crippen molar-refractivity contribution in [1.29, 1.82) is 0 Å². The number of hydrogen-bond acceptors (Lipinski definition) is 2. The summed E-state index contributed by atoms with van der Waals surface area (Å²) in [5.41, 5.74) is 3.90. The molecule has 0 bridgehead atoms. The van der Waals surface area contributed by atoms with Gasteiger partial charge in [0.25, 0.3) is 0 Å². The maximum atomic E-state index is 11.0. The fourth-order valence-corrected chi connectivity index (χ4v) is 2.43. The fourth-order valence-electron chi connectivity index (χ4n) is 2.43. The summed E-state index contributed by atoms with van der Waals surface area (Å²) in [6.45, 7) is 5.84. The highest BCUT2D eigenvalue weighted by Crippen LogP contribution is 2.31. The number of fused-ring (bicyclic) bond motifs is 1. The van der Waals surface area contributed by atoms with Crippen LogP contribution in [0.4, 0.5) is 0 Å². The molecule has 0 aliphatic heterocycles. The van der Waals surface area contributed by atoms with Crippen LogP contribution in [0.5, 0.6) is 0 Å². The molecule has 0 saturated heterocycles. The van der Waals surface area contributed by atoms with E-state index in [1.54, 1.807) is 0 Å². The van der Waals surface area contributed by atoms with E-state index in [-0.39, 0.29) is 12.0 Å². The summed E-state index contributed by atoms with van der Waals surface area (Å²) < 4.78 is 0. The van der Waals surface area contributed by atoms with Crippen LogP contribution in [0.2, 0.25) is 0 Å². The van der Waals surface area contributed by atoms with E-state index >= 15 is 0 Å². The second kappa shape index (κ2) is 4.22. The Morgan fingerprint density at radius 2 is 2.25 bits per heavy atom. The molecule has 0 unspecified atom stereocenters. The van der Waals surface area contributed by atoms with Crippen molar-refractivity contribution in [3.8, 4) is 0 Å². The van der Waals surface area contributed by atoms with E-state index in [9.17, 15) is 9.90 Å². The summed E-state index contributed by atoms with van der Waals surface area (Å²) in [4.78, 5) is 11.0. The van der Waals surface area contributed by atoms with Gasteiger partial charge in [-0.3, -0.25) is 4.79 Å². The first kappa shape index (κ1) is 11.1. The first-order valence-electron chi connectivity index (χ1n) is 5.53. The molecule has 2 nitrogen and oxygen atoms in total. The normalized spacial score (nSPS) is 23.6. The molecule has 1 aliphatic rings. The average molecular weight is 216 g/mol. The molecule has 1 aromatic carbocycles. The van der Waals surface area contributed by atoms with Crippen LogP contribution in [0.3, 0.4) is 0 Å². The van der Waals surface area contributed by atoms with Gasteiger partial charge in [0.1, 0.15) is 6.29 Å². The van der Waals surface area contributed by atoms with Crippen LogP contribution in [0.25, 0.3) is 0 Å². The Balaban J connectivity index is 2.43. The van der Waals surface area contributed by atoms with Crippen molar-refractivity contribution in [3.63, 3.8) is 0 Å². The van der Waals surface area contributed by atoms with Gasteiger partial charge in [-0.05, 0) is 30.9 Å². The van der Waals surface area contributed by atoms with E-state index < -0.39 is 0 Å². The zero-order valence-corrected chi connectivity index (χ0v) is 9.44. The van der Waals surface area contributed by atoms with Crippen molar-refractivity contribution in [2.45, 2.75) is 25.9 Å². The van der Waals surface area contributed by atoms with Crippen molar-refractivity contribution in [2.24, 2.45) is 5.92 Å². The van der Waals surface area contributed by atoms with E-state index in [1.165, 1.54) is 0 Å². The van der Waals surface area contributed by atoms with Crippen LogP contribution < -0.4 is 0 Å². The second-order valence-corrected chi connectivity index (χ2v) is 4.53. The molecule has 1 aliphatic carbocycles. The van der Waals surface area contributed by atoms with Crippen molar-refractivity contribution in [3.05, 3.63) is 47.0 Å². The number of aldehydes is 1. The Kier molecular flexibility index (Phi) is 2.92. The molecule has 0 fully saturated rings. The third-order valence-electron chi connectivity index (χ3n) is 3.39. The maximum Gasteiger partial charge on any atom is 0.150 e. The Morgan fingerprint density at radius 3 is 2.88 bits per heavy atom. The molecule has 2 heteroatoms. The van der Waals surface area contributed by atoms with Gasteiger partial charge in [0.2, 0.25) is 0 Å². The van der Waals surface area contributed by atoms with Crippen molar-refractivity contribution in [1.82, 2.24) is 0 Å². The van der Waals surface area contributed by atoms with Crippen molar-refractivity contribution < 1.29 is 9.90 Å². The van der Waals surface area contributed by atoms with E-state index in [2.05, 4.69) is 6.58 Å². The van der Waals surface area contributed by atoms with Gasteiger partial charge in [0.05, 0.1) is 6.10 Å². The second-order valence-electron chi connectivity index (χ2n) is 4.53. The fraction of sp³-hybridized carbons (Fsp3) is 0.357. The van der Waals surface area contributed by atoms with Crippen LogP contribution in [-0.2, 0) is 12.8 Å². The molecule has 0 amide bonds. The number of rotatable bonds is 2. The molecular formula is C14H16O2. The molecule has 0 radical (unpaired) electrons. The first-order valence-corrected chi connectivity index (χ1v) is 5.53. The predicted molar refractivity (Wildman–Crippen MR) is 63.5 cm³/mol. The van der Waals surface area contributed by atoms with E-state index in [4.69, 9.17) is 0 Å². The summed E-state index contributed by atoms with van der Waals surface area (Å²) >= 11 is 0. The molecule has 2 rings (SSSR count). The largest absolute Gasteiger partial charge is 0.392 e. The highest BCUT2D eigenvalue weighted by molar-refractivity contribution is 5.78. The van der Waals surface area contributed by atoms with Gasteiger partial charge in [-0.25, -0.2) is 0 Å². The summed E-state index contributed by atoms with van der Waals surface area (Å²) in [6.07, 6.45) is 1.87. The maximum absolute atomic E-state index is 11.0. The minimum Gasteiger partial charge on any atom is -0.392 e. The summed E-state index contributed by atoms with van der Waals surface area (Å²) in [5, 5.41) is 10.0. The first-order chi connectivity index (χ1) is 7.63. The molecule has 16 heavy (non-hydrogen) atoms. The Hall–Kier alpha value is -1.41. The molecular weight excluding hydrogens is 200 g/mol. The smallest absolute Gasteiger partial charge is 0.150 e. The van der Waals surface area contributed by atoms with Gasteiger partial charge < -0.3 is 5.11 Å². The van der Waals surface area contributed by atoms with Crippen molar-refractivity contribution >= 4 is 6.29 Å². The molecule has 84 valence electrons. The van der Waals surface area contributed by atoms with Gasteiger partial charge in [0.15, 0.2) is 0 Å². The molecule has 0 spiro atoms. The van der Waals surface area contributed by atoms with E-state index in [1.807, 2.05) is 25.1 Å². The topological polar surface area (TPSA) is 37.3 Å². The van der Waals surface area contributed by atoms with Gasteiger partial charge in [-0.2, -0.15) is 0 Å². The minimum absolute atomic E-state index is 0.0774. The summed E-state index contributed by atoms with van der Waals surface area (Å²) in [7, 11) is 0. The highest BCUT2D eigenvalue weighted by atomic mass is 16.3. The lowest BCUT2D eigenvalue weighted by Crippen LogP contribution is -2.31. The number of benzene rings is 1. The van der Waals surface area contributed by atoms with Gasteiger partial charge in [-0.1, -0.05) is 30.4 Å². The minimum atomic E-state index is -0.369. The number of carbonyl (C=O) groups excluding carboxylic acids is 1. The predicted octanol–water partition coefficient (Wildman–Crippen LogP) is 2.15. The zero-order valence-electron chi connectivity index (χ0n) is 9.44. The molecule has 0 aromatic heterocycles. The molecule has 2 atom stereocenters. The zero-order chi connectivity index (χ0) is 11.7. The Labute approximate surface area is 95.6 Å². The van der Waals surface area contributed by atoms with Gasteiger partial charge in [-0.15, -0.1) is 0 Å². The number of carbonyl (C=O) groups is 1. The molecule has 0 heterocycles. The van der Waals surface area contributed by atoms with Crippen LogP contribution >= 0.6 is 0 Å². The van der Waals surface area contributed by atoms with Crippen molar-refractivity contribution in [2.75, 3.05) is 0 Å². The molecule has 0 saturated carbocycles. The number of aliphatic hydroxyl groups excluding tert-OH is 1. The van der Waals surface area contributed by atoms with E-state index in [0.717, 1.165) is 35.0 Å². The van der Waals surface area contributed by atoms with Crippen LogP contribution in [0.1, 0.15) is 28.4 Å². The van der Waals surface area contributed by atoms with Gasteiger partial charge in [0, 0.05) is 11.5 Å². The summed E-state index contributed by atoms with van der Waals surface area (Å²) in [5.74, 6) is 0.0774. The third-order valence-corrected chi connectivity index (χ3v) is 3.39. The lowest BCUT2D eigenvalue weighted by Gasteiger charge is -2.30. The van der Waals surface area contributed by atoms with Crippen LogP contribution in [0.15, 0.2) is 30.4 Å². The Morgan fingerprint density at radius 1 is 1.50 bits per heavy atom. The SMILES string of the molecule is C=C(C)[C@H]1Cc2c(C=O)cccc2C[C@@H]1O. The standard InChI is InChI=1S/C14H16O2/c1-9(2)12-7-13-10(6-14(12)16)4-3-5-11(13)8-15/h3-5,8,12,14,16H,1,6-7H2,2H3/t12-,14+/m1/s1. The monoisotopic (exact) mass is 216 g/mol. The Bertz CT molecular complexity index is 434. The van der Waals surface area contributed by atoms with Crippen LogP contribution in [-0.4, -0.2) is 17.5 Å². The summed E-state index contributed by atoms with van der Waals surface area (Å²) in [6, 6.07) is 5.69. The van der Waals surface area contributed by atoms with E-state index in [0.29, 0.717) is 6.42 Å². The third kappa shape index (κ3) is 1.81. The number of hydrogen-bond donors (Lipinski definition) is 1. The van der Waals surface area contributed by atoms with Crippen LogP contribution in [0, 0.1) is 5.92 Å². The number of aliphatic hydroxyl groups is 1. The lowest BCUT2D eigenvalue weighted by molar-refractivity contribution is 0.110. The quantitative estimate of drug-likeness (QED) is 0.607. The average Bonchev–Trinajstić information content (AvgIpc) is 2.26. The molecule has 1 aromatic rings. The highest BCUT2D eigenvalue weighted by Gasteiger charge is 2.28.